The molecule has 6 atom stereocenters. The van der Waals surface area contributed by atoms with Gasteiger partial charge in [-0.3, -0.25) is 0 Å². The van der Waals surface area contributed by atoms with Gasteiger partial charge in [-0.05, 0) is 0 Å². The first-order chi connectivity index (χ1) is 14.3. The Morgan fingerprint density at radius 1 is 0.677 bits per heavy atom. The molecule has 0 aromatic heterocycles. The molecule has 1 saturated heterocycles. The molecular formula is C28H32Cl2Zr. The predicted octanol–water partition coefficient (Wildman–Crippen LogP) is 2.12. The van der Waals surface area contributed by atoms with E-state index in [1.807, 2.05) is 0 Å². The fraction of sp³-hybridized carbons (Fsp3) is 0.429. The molecule has 2 aromatic carbocycles. The van der Waals surface area contributed by atoms with Crippen LogP contribution >= 0.6 is 0 Å². The maximum atomic E-state index is 2.55. The van der Waals surface area contributed by atoms with E-state index < -0.39 is 23.2 Å². The van der Waals surface area contributed by atoms with E-state index in [0.29, 0.717) is 11.8 Å². The fourth-order valence-corrected chi connectivity index (χ4v) is 11.9. The zero-order chi connectivity index (χ0) is 19.8. The molecule has 0 N–H and O–H groups in total. The van der Waals surface area contributed by atoms with Crippen molar-refractivity contribution in [1.29, 1.82) is 0 Å². The van der Waals surface area contributed by atoms with Crippen LogP contribution in [0.15, 0.2) is 60.7 Å². The Bertz CT molecular complexity index is 859. The van der Waals surface area contributed by atoms with Crippen LogP contribution in [0, 0.1) is 11.8 Å². The van der Waals surface area contributed by atoms with E-state index in [4.69, 9.17) is 0 Å². The van der Waals surface area contributed by atoms with E-state index in [1.165, 1.54) is 36.8 Å². The van der Waals surface area contributed by atoms with Crippen molar-refractivity contribution < 1.29 is 48.0 Å². The van der Waals surface area contributed by atoms with Gasteiger partial charge in [0.2, 0.25) is 0 Å². The molecule has 5 rings (SSSR count). The van der Waals surface area contributed by atoms with Gasteiger partial charge in [0.1, 0.15) is 0 Å². The molecule has 162 valence electrons. The molecule has 0 spiro atoms. The van der Waals surface area contributed by atoms with E-state index in [0.717, 1.165) is 19.1 Å². The van der Waals surface area contributed by atoms with Crippen molar-refractivity contribution in [3.8, 4) is 0 Å². The van der Waals surface area contributed by atoms with Crippen molar-refractivity contribution in [2.45, 2.75) is 58.6 Å². The van der Waals surface area contributed by atoms with Gasteiger partial charge in [-0.25, -0.2) is 0 Å². The van der Waals surface area contributed by atoms with Gasteiger partial charge in [0.25, 0.3) is 0 Å². The minimum absolute atomic E-state index is 0. The summed E-state index contributed by atoms with van der Waals surface area (Å²) in [4.78, 5) is 0. The standard InChI is InChI=1S/C28H32.2ClH.Zr/c1-3-9-21(27-19-17-23-11-5-7-13-25(23)27)15-16-22(10-4-2)28-20-18-24-12-6-8-14-26(24)28;;;/h5-14,17-22,27-28H,3-4,15-16H2,1-2H3;2*1H;/q;;;+2/p-2. The summed E-state index contributed by atoms with van der Waals surface area (Å²) in [6.07, 6.45) is 15.5. The molecule has 3 heteroatoms. The van der Waals surface area contributed by atoms with Crippen LogP contribution in [0.1, 0.15) is 73.6 Å². The van der Waals surface area contributed by atoms with Crippen molar-refractivity contribution >= 4 is 12.2 Å². The molecule has 1 fully saturated rings. The maximum absolute atomic E-state index is 2.55. The smallest absolute Gasteiger partial charge is 1.00 e. The largest absolute Gasteiger partial charge is 1.00 e. The third-order valence-electron chi connectivity index (χ3n) is 7.77. The van der Waals surface area contributed by atoms with Gasteiger partial charge in [-0.2, -0.15) is 0 Å². The van der Waals surface area contributed by atoms with Crippen LogP contribution in [0.5, 0.6) is 0 Å². The summed E-state index contributed by atoms with van der Waals surface area (Å²) in [7, 11) is 0. The molecule has 0 bridgehead atoms. The Kier molecular flexibility index (Phi) is 8.88. The first-order valence-electron chi connectivity index (χ1n) is 11.6. The van der Waals surface area contributed by atoms with Gasteiger partial charge in [0.05, 0.1) is 0 Å². The van der Waals surface area contributed by atoms with Crippen LogP contribution < -0.4 is 24.8 Å². The summed E-state index contributed by atoms with van der Waals surface area (Å²) >= 11 is -0.472. The minimum atomic E-state index is -0.472. The minimum Gasteiger partial charge on any atom is -1.00 e. The molecule has 31 heavy (non-hydrogen) atoms. The number of benzene rings is 2. The van der Waals surface area contributed by atoms with E-state index in [-0.39, 0.29) is 24.8 Å². The monoisotopic (exact) mass is 528 g/mol. The quantitative estimate of drug-likeness (QED) is 0.568. The first kappa shape index (κ1) is 25.0. The molecule has 0 nitrogen and oxygen atoms in total. The Labute approximate surface area is 212 Å². The molecule has 2 aromatic rings. The molecule has 1 aliphatic heterocycles. The summed E-state index contributed by atoms with van der Waals surface area (Å²) in [5.74, 6) is 3.07. The Balaban J connectivity index is 0.00000136. The van der Waals surface area contributed by atoms with E-state index >= 15 is 0 Å². The number of hydrogen-bond acceptors (Lipinski definition) is 0. The van der Waals surface area contributed by atoms with Crippen molar-refractivity contribution in [2.24, 2.45) is 11.8 Å². The number of hydrogen-bond donors (Lipinski definition) is 0. The average Bonchev–Trinajstić information content (AvgIpc) is 3.34. The molecule has 6 unspecified atom stereocenters. The molecule has 0 saturated carbocycles. The molecule has 0 amide bonds. The molecular weight excluding hydrogens is 498 g/mol. The summed E-state index contributed by atoms with van der Waals surface area (Å²) in [6.45, 7) is 4.95. The van der Waals surface area contributed by atoms with Gasteiger partial charge >= 0.3 is 189 Å². The number of fused-ring (bicyclic) bond motifs is 2. The predicted molar refractivity (Wildman–Crippen MR) is 121 cm³/mol. The topological polar surface area (TPSA) is 0 Å². The normalized spacial score (nSPS) is 30.1. The summed E-state index contributed by atoms with van der Waals surface area (Å²) in [5, 5.41) is 0. The van der Waals surface area contributed by atoms with Crippen LogP contribution in [0.3, 0.4) is 0 Å². The van der Waals surface area contributed by atoms with E-state index in [2.05, 4.69) is 86.7 Å². The van der Waals surface area contributed by atoms with Gasteiger partial charge < -0.3 is 24.8 Å². The van der Waals surface area contributed by atoms with Crippen LogP contribution in [-0.4, -0.2) is 0 Å². The second-order valence-corrected chi connectivity index (χ2v) is 13.6. The SMILES string of the molecule is CC[CH]1[Zr+2][CH](CC)C(C2C=Cc3ccccc32)CCC1C1C=Cc2ccccc21.[Cl-].[Cl-]. The van der Waals surface area contributed by atoms with E-state index in [1.54, 1.807) is 11.1 Å². The van der Waals surface area contributed by atoms with Crippen molar-refractivity contribution in [3.63, 3.8) is 0 Å². The maximum Gasteiger partial charge on any atom is -1.00 e. The third kappa shape index (κ3) is 4.71. The van der Waals surface area contributed by atoms with Crippen LogP contribution in [0.2, 0.25) is 7.25 Å². The Hall–Kier alpha value is -0.617. The van der Waals surface area contributed by atoms with Crippen molar-refractivity contribution in [1.82, 2.24) is 0 Å². The van der Waals surface area contributed by atoms with Gasteiger partial charge in [-0.15, -0.1) is 0 Å². The number of halogens is 2. The second-order valence-electron chi connectivity index (χ2n) is 9.13. The third-order valence-corrected chi connectivity index (χ3v) is 14.0. The zero-order valence-corrected chi connectivity index (χ0v) is 22.4. The van der Waals surface area contributed by atoms with E-state index in [9.17, 15) is 0 Å². The molecule has 3 aliphatic rings. The van der Waals surface area contributed by atoms with Crippen molar-refractivity contribution in [2.75, 3.05) is 0 Å². The molecule has 0 radical (unpaired) electrons. The summed E-state index contributed by atoms with van der Waals surface area (Å²) < 4.78 is 2.02. The number of rotatable bonds is 4. The summed E-state index contributed by atoms with van der Waals surface area (Å²) in [5.41, 5.74) is 6.15. The van der Waals surface area contributed by atoms with Gasteiger partial charge in [0.15, 0.2) is 0 Å². The van der Waals surface area contributed by atoms with Crippen LogP contribution in [-0.2, 0) is 23.2 Å². The van der Waals surface area contributed by atoms with Crippen LogP contribution in [0.25, 0.3) is 12.2 Å². The molecule has 2 aliphatic carbocycles. The summed E-state index contributed by atoms with van der Waals surface area (Å²) in [6, 6.07) is 18.3. The first-order valence-corrected chi connectivity index (χ1v) is 14.4. The van der Waals surface area contributed by atoms with Gasteiger partial charge in [-0.1, -0.05) is 0 Å². The number of allylic oxidation sites excluding steroid dienone is 2. The fourth-order valence-electron chi connectivity index (χ4n) is 6.31. The molecule has 1 heterocycles. The average molecular weight is 531 g/mol. The Morgan fingerprint density at radius 2 is 1.10 bits per heavy atom. The second kappa shape index (κ2) is 11.0. The van der Waals surface area contributed by atoms with Gasteiger partial charge in [0, 0.05) is 0 Å². The Morgan fingerprint density at radius 3 is 1.52 bits per heavy atom. The van der Waals surface area contributed by atoms with Crippen molar-refractivity contribution in [3.05, 3.63) is 82.9 Å². The zero-order valence-electron chi connectivity index (χ0n) is 18.5. The van der Waals surface area contributed by atoms with Crippen LogP contribution in [0.4, 0.5) is 0 Å².